The fourth-order valence-corrected chi connectivity index (χ4v) is 2.33. The van der Waals surface area contributed by atoms with Crippen LogP contribution in [0, 0.1) is 6.92 Å². The Morgan fingerprint density at radius 3 is 2.60 bits per heavy atom. The number of aliphatic carboxylic acids is 1. The lowest BCUT2D eigenvalue weighted by molar-refractivity contribution is -0.131. The minimum absolute atomic E-state index is 0.208. The molecule has 1 aromatic heterocycles. The van der Waals surface area contributed by atoms with Crippen LogP contribution in [0.2, 0.25) is 0 Å². The number of carboxylic acid groups (broad SMARTS) is 1. The molecule has 2 aromatic rings. The van der Waals surface area contributed by atoms with Crippen molar-refractivity contribution in [1.82, 2.24) is 0 Å². The molecule has 0 bridgehead atoms. The normalized spacial score (nSPS) is 10.7. The van der Waals surface area contributed by atoms with Crippen molar-refractivity contribution < 1.29 is 14.7 Å². The summed E-state index contributed by atoms with van der Waals surface area (Å²) in [6.45, 7) is 1.98. The van der Waals surface area contributed by atoms with Crippen LogP contribution in [0.4, 0.5) is 5.69 Å². The quantitative estimate of drug-likeness (QED) is 0.847. The summed E-state index contributed by atoms with van der Waals surface area (Å²) in [5.41, 5.74) is 2.37. The van der Waals surface area contributed by atoms with Crippen LogP contribution in [0.5, 0.6) is 0 Å². The first-order valence-corrected chi connectivity index (χ1v) is 6.80. The van der Waals surface area contributed by atoms with Gasteiger partial charge in [0.1, 0.15) is 0 Å². The highest BCUT2D eigenvalue weighted by molar-refractivity contribution is 7.11. The van der Waals surface area contributed by atoms with Crippen LogP contribution in [0.25, 0.3) is 6.08 Å². The van der Waals surface area contributed by atoms with Crippen LogP contribution in [-0.2, 0) is 4.79 Å². The van der Waals surface area contributed by atoms with Gasteiger partial charge in [-0.1, -0.05) is 17.7 Å². The topological polar surface area (TPSA) is 66.4 Å². The van der Waals surface area contributed by atoms with Crippen LogP contribution < -0.4 is 5.32 Å². The van der Waals surface area contributed by atoms with Crippen LogP contribution >= 0.6 is 11.3 Å². The second kappa shape index (κ2) is 6.16. The molecule has 20 heavy (non-hydrogen) atoms. The summed E-state index contributed by atoms with van der Waals surface area (Å²) in [5.74, 6) is -1.22. The van der Waals surface area contributed by atoms with Crippen LogP contribution in [0.15, 0.2) is 41.8 Å². The highest BCUT2D eigenvalue weighted by atomic mass is 32.1. The third-order valence-electron chi connectivity index (χ3n) is 2.58. The predicted octanol–water partition coefficient (Wildman–Crippen LogP) is 3.41. The number of carbonyl (C=O) groups excluding carboxylic acids is 1. The average molecular weight is 287 g/mol. The smallest absolute Gasteiger partial charge is 0.328 e. The molecule has 0 atom stereocenters. The van der Waals surface area contributed by atoms with Gasteiger partial charge < -0.3 is 10.4 Å². The Kier molecular flexibility index (Phi) is 4.32. The number of anilines is 1. The van der Waals surface area contributed by atoms with E-state index in [0.717, 1.165) is 22.2 Å². The summed E-state index contributed by atoms with van der Waals surface area (Å²) in [6.07, 6.45) is 2.52. The van der Waals surface area contributed by atoms with Crippen LogP contribution in [-0.4, -0.2) is 17.0 Å². The summed E-state index contributed by atoms with van der Waals surface area (Å²) in [5, 5.41) is 13.0. The third kappa shape index (κ3) is 3.80. The number of nitrogens with one attached hydrogen (secondary N) is 1. The van der Waals surface area contributed by atoms with E-state index in [0.29, 0.717) is 5.56 Å². The van der Waals surface area contributed by atoms with E-state index in [1.807, 2.05) is 31.2 Å². The lowest BCUT2D eigenvalue weighted by Crippen LogP contribution is -2.10. The Bertz CT molecular complexity index is 656. The Morgan fingerprint density at radius 1 is 1.25 bits per heavy atom. The van der Waals surface area contributed by atoms with Crippen molar-refractivity contribution in [3.63, 3.8) is 0 Å². The zero-order chi connectivity index (χ0) is 14.5. The highest BCUT2D eigenvalue weighted by Gasteiger charge is 2.08. The maximum Gasteiger partial charge on any atom is 0.328 e. The number of carbonyl (C=O) groups is 2. The predicted molar refractivity (Wildman–Crippen MR) is 80.1 cm³/mol. The van der Waals surface area contributed by atoms with Crippen molar-refractivity contribution in [3.8, 4) is 0 Å². The van der Waals surface area contributed by atoms with E-state index in [2.05, 4.69) is 5.32 Å². The molecule has 0 saturated carbocycles. The van der Waals surface area contributed by atoms with Crippen molar-refractivity contribution in [2.45, 2.75) is 6.92 Å². The van der Waals surface area contributed by atoms with Crippen molar-refractivity contribution in [2.75, 3.05) is 5.32 Å². The second-order valence-corrected chi connectivity index (χ2v) is 5.17. The molecule has 0 aliphatic carbocycles. The molecule has 4 nitrogen and oxygen atoms in total. The molecule has 0 spiro atoms. The van der Waals surface area contributed by atoms with Gasteiger partial charge in [0.15, 0.2) is 0 Å². The first kappa shape index (κ1) is 14.0. The summed E-state index contributed by atoms with van der Waals surface area (Å²) >= 11 is 1.32. The Balaban J connectivity index is 2.06. The Morgan fingerprint density at radius 2 is 1.95 bits per heavy atom. The number of benzene rings is 1. The molecule has 0 saturated heterocycles. The van der Waals surface area contributed by atoms with E-state index in [4.69, 9.17) is 5.11 Å². The summed E-state index contributed by atoms with van der Waals surface area (Å²) in [4.78, 5) is 23.1. The van der Waals surface area contributed by atoms with Gasteiger partial charge in [-0.25, -0.2) is 4.79 Å². The first-order chi connectivity index (χ1) is 9.54. The summed E-state index contributed by atoms with van der Waals surface area (Å²) < 4.78 is 0. The lowest BCUT2D eigenvalue weighted by atomic mass is 10.2. The number of rotatable bonds is 4. The van der Waals surface area contributed by atoms with Gasteiger partial charge in [-0.05, 0) is 31.2 Å². The van der Waals surface area contributed by atoms with Gasteiger partial charge in [0.2, 0.25) is 0 Å². The van der Waals surface area contributed by atoms with Gasteiger partial charge >= 0.3 is 5.97 Å². The summed E-state index contributed by atoms with van der Waals surface area (Å²) in [6, 6.07) is 9.18. The number of hydrogen-bond acceptors (Lipinski definition) is 3. The molecule has 2 N–H and O–H groups in total. The maximum atomic E-state index is 12.0. The van der Waals surface area contributed by atoms with E-state index < -0.39 is 5.97 Å². The SMILES string of the molecule is Cc1ccc(NC(=O)c2csc(C=CC(=O)O)c2)cc1. The molecule has 0 fully saturated rings. The molecule has 1 heterocycles. The Hall–Kier alpha value is -2.40. The Labute approximate surface area is 120 Å². The van der Waals surface area contributed by atoms with Gasteiger partial charge in [-0.15, -0.1) is 11.3 Å². The second-order valence-electron chi connectivity index (χ2n) is 4.23. The molecule has 0 unspecified atom stereocenters. The number of aryl methyl sites for hydroxylation is 1. The molecule has 5 heteroatoms. The molecule has 2 rings (SSSR count). The number of carboxylic acids is 1. The largest absolute Gasteiger partial charge is 0.478 e. The molecule has 0 radical (unpaired) electrons. The maximum absolute atomic E-state index is 12.0. The minimum Gasteiger partial charge on any atom is -0.478 e. The number of hydrogen-bond donors (Lipinski definition) is 2. The molecular weight excluding hydrogens is 274 g/mol. The minimum atomic E-state index is -1.01. The van der Waals surface area contributed by atoms with Crippen molar-refractivity contribution in [2.24, 2.45) is 0 Å². The van der Waals surface area contributed by atoms with Crippen molar-refractivity contribution in [3.05, 3.63) is 57.8 Å². The zero-order valence-electron chi connectivity index (χ0n) is 10.8. The van der Waals surface area contributed by atoms with Gasteiger partial charge in [-0.2, -0.15) is 0 Å². The van der Waals surface area contributed by atoms with E-state index in [-0.39, 0.29) is 5.91 Å². The van der Waals surface area contributed by atoms with Gasteiger partial charge in [0.05, 0.1) is 5.56 Å². The van der Waals surface area contributed by atoms with Crippen LogP contribution in [0.1, 0.15) is 20.8 Å². The van der Waals surface area contributed by atoms with E-state index in [1.165, 1.54) is 17.4 Å². The van der Waals surface area contributed by atoms with Crippen molar-refractivity contribution >= 4 is 35.0 Å². The molecule has 1 aromatic carbocycles. The van der Waals surface area contributed by atoms with Gasteiger partial charge in [0.25, 0.3) is 5.91 Å². The molecule has 0 aliphatic heterocycles. The monoisotopic (exact) mass is 287 g/mol. The zero-order valence-corrected chi connectivity index (χ0v) is 11.6. The lowest BCUT2D eigenvalue weighted by Gasteiger charge is -2.03. The third-order valence-corrected chi connectivity index (χ3v) is 3.48. The van der Waals surface area contributed by atoms with E-state index >= 15 is 0 Å². The van der Waals surface area contributed by atoms with Crippen LogP contribution in [0.3, 0.4) is 0 Å². The van der Waals surface area contributed by atoms with E-state index in [1.54, 1.807) is 11.4 Å². The fraction of sp³-hybridized carbons (Fsp3) is 0.0667. The molecule has 102 valence electrons. The van der Waals surface area contributed by atoms with E-state index in [9.17, 15) is 9.59 Å². The summed E-state index contributed by atoms with van der Waals surface area (Å²) in [7, 11) is 0. The number of thiophene rings is 1. The van der Waals surface area contributed by atoms with Gasteiger partial charge in [-0.3, -0.25) is 4.79 Å². The van der Waals surface area contributed by atoms with Gasteiger partial charge in [0, 0.05) is 22.0 Å². The molecular formula is C15H13NO3S. The fourth-order valence-electron chi connectivity index (χ4n) is 1.55. The highest BCUT2D eigenvalue weighted by Crippen LogP contribution is 2.18. The number of amides is 1. The molecule has 1 amide bonds. The van der Waals surface area contributed by atoms with Crippen molar-refractivity contribution in [1.29, 1.82) is 0 Å². The first-order valence-electron chi connectivity index (χ1n) is 5.92. The molecule has 0 aliphatic rings. The average Bonchev–Trinajstić information content (AvgIpc) is 2.88. The standard InChI is InChI=1S/C15H13NO3S/c1-10-2-4-12(5-3-10)16-15(19)11-8-13(20-9-11)6-7-14(17)18/h2-9H,1H3,(H,16,19)(H,17,18).